The van der Waals surface area contributed by atoms with Gasteiger partial charge in [0.2, 0.25) is 0 Å². The van der Waals surface area contributed by atoms with Crippen LogP contribution in [0.3, 0.4) is 0 Å². The van der Waals surface area contributed by atoms with Gasteiger partial charge in [0.05, 0.1) is 0 Å². The number of hydrogen-bond acceptors (Lipinski definition) is 2. The Morgan fingerprint density at radius 1 is 1.20 bits per heavy atom. The highest BCUT2D eigenvalue weighted by Gasteiger charge is 2.31. The molecule has 3 atom stereocenters. The molecule has 0 radical (unpaired) electrons. The average molecular weight is 303 g/mol. The summed E-state index contributed by atoms with van der Waals surface area (Å²) in [6.45, 7) is 3.84. The van der Waals surface area contributed by atoms with Crippen LogP contribution in [-0.2, 0) is 0 Å². The van der Waals surface area contributed by atoms with Crippen LogP contribution in [0.25, 0.3) is 0 Å². The molecule has 0 aliphatic carbocycles. The third kappa shape index (κ3) is 3.13. The summed E-state index contributed by atoms with van der Waals surface area (Å²) in [7, 11) is 0. The maximum Gasteiger partial charge on any atom is 0.128 e. The van der Waals surface area contributed by atoms with Crippen LogP contribution >= 0.6 is 12.4 Å². The van der Waals surface area contributed by atoms with Crippen LogP contribution in [0.5, 0.6) is 0 Å². The Hall–Kier alpha value is -0.710. The zero-order valence-electron chi connectivity index (χ0n) is 11.6. The summed E-state index contributed by atoms with van der Waals surface area (Å²) in [6.07, 6.45) is 3.54. The standard InChI is InChI=1S/C15H20F2N2.ClH/c1-10(14-8-11(16)2-5-15(14)17)19-7-6-12-3-4-13(9-19)18-12;/h2,5,8,10,12-13,18H,3-4,6-7,9H2,1H3;1H. The molecule has 2 aliphatic rings. The zero-order valence-corrected chi connectivity index (χ0v) is 12.4. The number of likely N-dealkylation sites (tertiary alicyclic amines) is 1. The van der Waals surface area contributed by atoms with Crippen molar-refractivity contribution < 1.29 is 8.78 Å². The van der Waals surface area contributed by atoms with Gasteiger partial charge in [-0.05, 0) is 44.4 Å². The number of nitrogens with zero attached hydrogens (tertiary/aromatic N) is 1. The SMILES string of the molecule is CC(c1cc(F)ccc1F)N1CCC2CCC(C1)N2.Cl. The number of nitrogens with one attached hydrogen (secondary N) is 1. The minimum atomic E-state index is -0.363. The fourth-order valence-corrected chi connectivity index (χ4v) is 3.35. The third-order valence-corrected chi connectivity index (χ3v) is 4.51. The van der Waals surface area contributed by atoms with Gasteiger partial charge in [0.15, 0.2) is 0 Å². The minimum absolute atomic E-state index is 0. The average Bonchev–Trinajstić information content (AvgIpc) is 2.71. The first-order chi connectivity index (χ1) is 9.13. The molecule has 112 valence electrons. The van der Waals surface area contributed by atoms with Gasteiger partial charge in [-0.2, -0.15) is 0 Å². The highest BCUT2D eigenvalue weighted by atomic mass is 35.5. The molecule has 2 bridgehead atoms. The van der Waals surface area contributed by atoms with Crippen LogP contribution in [0.15, 0.2) is 18.2 Å². The van der Waals surface area contributed by atoms with Crippen molar-refractivity contribution in [1.82, 2.24) is 10.2 Å². The van der Waals surface area contributed by atoms with Crippen molar-refractivity contribution in [3.8, 4) is 0 Å². The number of halogens is 3. The van der Waals surface area contributed by atoms with Crippen molar-refractivity contribution in [3.63, 3.8) is 0 Å². The molecular formula is C15H21ClF2N2. The molecule has 5 heteroatoms. The van der Waals surface area contributed by atoms with Gasteiger partial charge in [0.25, 0.3) is 0 Å². The quantitative estimate of drug-likeness (QED) is 0.902. The van der Waals surface area contributed by atoms with Crippen molar-refractivity contribution in [2.24, 2.45) is 0 Å². The molecule has 1 N–H and O–H groups in total. The fraction of sp³-hybridized carbons (Fsp3) is 0.600. The maximum absolute atomic E-state index is 13.9. The lowest BCUT2D eigenvalue weighted by Gasteiger charge is -2.30. The first kappa shape index (κ1) is 15.7. The zero-order chi connectivity index (χ0) is 13.4. The number of benzene rings is 1. The molecule has 3 unspecified atom stereocenters. The predicted octanol–water partition coefficient (Wildman–Crippen LogP) is 3.27. The second-order valence-corrected chi connectivity index (χ2v) is 5.76. The van der Waals surface area contributed by atoms with E-state index < -0.39 is 0 Å². The maximum atomic E-state index is 13.9. The smallest absolute Gasteiger partial charge is 0.128 e. The largest absolute Gasteiger partial charge is 0.310 e. The third-order valence-electron chi connectivity index (χ3n) is 4.51. The van der Waals surface area contributed by atoms with Gasteiger partial charge >= 0.3 is 0 Å². The van der Waals surface area contributed by atoms with Gasteiger partial charge in [0, 0.05) is 36.8 Å². The molecule has 2 nitrogen and oxygen atoms in total. The van der Waals surface area contributed by atoms with E-state index in [2.05, 4.69) is 10.2 Å². The molecule has 0 saturated carbocycles. The van der Waals surface area contributed by atoms with Crippen LogP contribution in [-0.4, -0.2) is 30.1 Å². The summed E-state index contributed by atoms with van der Waals surface area (Å²) in [5, 5.41) is 3.61. The molecule has 1 aromatic carbocycles. The summed E-state index contributed by atoms with van der Waals surface area (Å²) in [4.78, 5) is 2.27. The summed E-state index contributed by atoms with van der Waals surface area (Å²) >= 11 is 0. The Morgan fingerprint density at radius 2 is 1.95 bits per heavy atom. The Kier molecular flexibility index (Phi) is 4.99. The summed E-state index contributed by atoms with van der Waals surface area (Å²) < 4.78 is 27.2. The van der Waals surface area contributed by atoms with Crippen LogP contribution < -0.4 is 5.32 Å². The molecule has 20 heavy (non-hydrogen) atoms. The van der Waals surface area contributed by atoms with E-state index in [-0.39, 0.29) is 30.1 Å². The molecule has 0 aromatic heterocycles. The van der Waals surface area contributed by atoms with Gasteiger partial charge in [-0.3, -0.25) is 4.90 Å². The highest BCUT2D eigenvalue weighted by Crippen LogP contribution is 2.28. The van der Waals surface area contributed by atoms with Crippen LogP contribution in [0, 0.1) is 11.6 Å². The Morgan fingerprint density at radius 3 is 2.75 bits per heavy atom. The summed E-state index contributed by atoms with van der Waals surface area (Å²) in [6, 6.07) is 4.78. The lowest BCUT2D eigenvalue weighted by molar-refractivity contribution is 0.196. The predicted molar refractivity (Wildman–Crippen MR) is 78.2 cm³/mol. The number of fused-ring (bicyclic) bond motifs is 2. The van der Waals surface area contributed by atoms with Gasteiger partial charge < -0.3 is 5.32 Å². The van der Waals surface area contributed by atoms with E-state index in [1.165, 1.54) is 31.0 Å². The van der Waals surface area contributed by atoms with Crippen molar-refractivity contribution >= 4 is 12.4 Å². The molecule has 3 rings (SSSR count). The van der Waals surface area contributed by atoms with Crippen LogP contribution in [0.2, 0.25) is 0 Å². The monoisotopic (exact) mass is 302 g/mol. The molecule has 1 aromatic rings. The van der Waals surface area contributed by atoms with E-state index in [1.54, 1.807) is 0 Å². The summed E-state index contributed by atoms with van der Waals surface area (Å²) in [5.41, 5.74) is 0.470. The van der Waals surface area contributed by atoms with Gasteiger partial charge in [0.1, 0.15) is 11.6 Å². The van der Waals surface area contributed by atoms with Crippen molar-refractivity contribution in [1.29, 1.82) is 0 Å². The van der Waals surface area contributed by atoms with E-state index in [9.17, 15) is 8.78 Å². The lowest BCUT2D eigenvalue weighted by Crippen LogP contribution is -2.37. The van der Waals surface area contributed by atoms with Gasteiger partial charge in [-0.15, -0.1) is 12.4 Å². The van der Waals surface area contributed by atoms with E-state index in [0.29, 0.717) is 17.6 Å². The molecule has 0 spiro atoms. The number of rotatable bonds is 2. The molecular weight excluding hydrogens is 282 g/mol. The minimum Gasteiger partial charge on any atom is -0.310 e. The summed E-state index contributed by atoms with van der Waals surface area (Å²) in [5.74, 6) is -0.672. The molecule has 2 heterocycles. The highest BCUT2D eigenvalue weighted by molar-refractivity contribution is 5.85. The fourth-order valence-electron chi connectivity index (χ4n) is 3.35. The van der Waals surface area contributed by atoms with Crippen LogP contribution in [0.1, 0.15) is 37.8 Å². The lowest BCUT2D eigenvalue weighted by atomic mass is 10.0. The normalized spacial score (nSPS) is 27.8. The number of hydrogen-bond donors (Lipinski definition) is 1. The topological polar surface area (TPSA) is 15.3 Å². The second-order valence-electron chi connectivity index (χ2n) is 5.76. The Balaban J connectivity index is 0.00000147. The Bertz CT molecular complexity index is 469. The van der Waals surface area contributed by atoms with E-state index >= 15 is 0 Å². The van der Waals surface area contributed by atoms with E-state index in [0.717, 1.165) is 19.5 Å². The van der Waals surface area contributed by atoms with Crippen LogP contribution in [0.4, 0.5) is 8.78 Å². The Labute approximate surface area is 124 Å². The first-order valence-corrected chi connectivity index (χ1v) is 7.08. The van der Waals surface area contributed by atoms with Gasteiger partial charge in [-0.1, -0.05) is 0 Å². The van der Waals surface area contributed by atoms with Gasteiger partial charge in [-0.25, -0.2) is 8.78 Å². The molecule has 2 aliphatic heterocycles. The van der Waals surface area contributed by atoms with E-state index in [4.69, 9.17) is 0 Å². The van der Waals surface area contributed by atoms with E-state index in [1.807, 2.05) is 6.92 Å². The molecule has 2 fully saturated rings. The van der Waals surface area contributed by atoms with Crippen molar-refractivity contribution in [2.45, 2.75) is 44.3 Å². The second kappa shape index (κ2) is 6.37. The molecule has 2 saturated heterocycles. The molecule has 0 amide bonds. The van der Waals surface area contributed by atoms with Crippen molar-refractivity contribution in [3.05, 3.63) is 35.4 Å². The van der Waals surface area contributed by atoms with Crippen molar-refractivity contribution in [2.75, 3.05) is 13.1 Å². The first-order valence-electron chi connectivity index (χ1n) is 7.08.